The maximum Gasteiger partial charge on any atom is 0.226 e. The van der Waals surface area contributed by atoms with Crippen molar-refractivity contribution in [3.8, 4) is 11.1 Å². The zero-order valence-electron chi connectivity index (χ0n) is 18.3. The third kappa shape index (κ3) is 5.02. The fraction of sp³-hybridized carbons (Fsp3) is 0.280. The van der Waals surface area contributed by atoms with Crippen molar-refractivity contribution in [2.75, 3.05) is 11.9 Å². The lowest BCUT2D eigenvalue weighted by molar-refractivity contribution is -0.118. The minimum Gasteiger partial charge on any atom is -0.313 e. The molecule has 1 amide bonds. The Morgan fingerprint density at radius 3 is 2.39 bits per heavy atom. The maximum absolute atomic E-state index is 14.9. The first-order valence-corrected chi connectivity index (χ1v) is 10.3. The molecule has 2 aromatic heterocycles. The van der Waals surface area contributed by atoms with Crippen molar-refractivity contribution < 1.29 is 14.0 Å². The molecule has 3 aromatic rings. The lowest BCUT2D eigenvalue weighted by Gasteiger charge is -2.19. The van der Waals surface area contributed by atoms with E-state index in [9.17, 15) is 14.0 Å². The molecule has 0 bridgehead atoms. The van der Waals surface area contributed by atoms with E-state index in [2.05, 4.69) is 9.97 Å². The third-order valence-electron chi connectivity index (χ3n) is 5.38. The largest absolute Gasteiger partial charge is 0.313 e. The highest BCUT2D eigenvalue weighted by molar-refractivity contribution is 5.95. The van der Waals surface area contributed by atoms with Gasteiger partial charge in [0.15, 0.2) is 5.78 Å². The average molecular weight is 420 g/mol. The summed E-state index contributed by atoms with van der Waals surface area (Å²) in [4.78, 5) is 34.3. The topological polar surface area (TPSA) is 63.2 Å². The summed E-state index contributed by atoms with van der Waals surface area (Å²) in [5.41, 5.74) is 4.40. The molecule has 0 radical (unpaired) electrons. The fourth-order valence-electron chi connectivity index (χ4n) is 3.36. The molecule has 0 fully saturated rings. The maximum atomic E-state index is 14.9. The lowest BCUT2D eigenvalue weighted by atomic mass is 9.99. The summed E-state index contributed by atoms with van der Waals surface area (Å²) in [7, 11) is 1.57. The number of aromatic nitrogens is 2. The van der Waals surface area contributed by atoms with E-state index in [1.165, 1.54) is 4.90 Å². The SMILES string of the molecule is CCC(=O)N(C)c1ccc(-c2ccc(C(=O)CCc3ccc(C)nc3)nc2)c(C)c1F. The second kappa shape index (κ2) is 9.60. The van der Waals surface area contributed by atoms with Crippen LogP contribution in [0.3, 0.4) is 0 Å². The van der Waals surface area contributed by atoms with E-state index in [1.807, 2.05) is 19.1 Å². The van der Waals surface area contributed by atoms with E-state index < -0.39 is 5.82 Å². The molecule has 3 rings (SSSR count). The van der Waals surface area contributed by atoms with Gasteiger partial charge in [0.1, 0.15) is 11.5 Å². The molecule has 160 valence electrons. The second-order valence-electron chi connectivity index (χ2n) is 7.54. The van der Waals surface area contributed by atoms with E-state index in [0.29, 0.717) is 41.6 Å². The van der Waals surface area contributed by atoms with Crippen LogP contribution in [0.25, 0.3) is 11.1 Å². The minimum atomic E-state index is -0.436. The van der Waals surface area contributed by atoms with Crippen LogP contribution in [0.5, 0.6) is 0 Å². The van der Waals surface area contributed by atoms with Gasteiger partial charge in [0, 0.05) is 43.5 Å². The molecule has 31 heavy (non-hydrogen) atoms. The van der Waals surface area contributed by atoms with Crippen LogP contribution >= 0.6 is 0 Å². The van der Waals surface area contributed by atoms with Crippen molar-refractivity contribution in [1.29, 1.82) is 0 Å². The molecule has 2 heterocycles. The van der Waals surface area contributed by atoms with Crippen molar-refractivity contribution in [3.63, 3.8) is 0 Å². The Kier molecular flexibility index (Phi) is 6.90. The number of hydrogen-bond donors (Lipinski definition) is 0. The van der Waals surface area contributed by atoms with Crippen molar-refractivity contribution in [3.05, 3.63) is 77.1 Å². The van der Waals surface area contributed by atoms with E-state index in [1.54, 1.807) is 57.6 Å². The zero-order chi connectivity index (χ0) is 22.5. The van der Waals surface area contributed by atoms with Crippen LogP contribution in [-0.2, 0) is 11.2 Å². The molecule has 0 saturated heterocycles. The molecule has 0 atom stereocenters. The lowest BCUT2D eigenvalue weighted by Crippen LogP contribution is -2.26. The quantitative estimate of drug-likeness (QED) is 0.501. The van der Waals surface area contributed by atoms with Gasteiger partial charge >= 0.3 is 0 Å². The number of carbonyl (C=O) groups excluding carboxylic acids is 2. The van der Waals surface area contributed by atoms with Crippen LogP contribution in [0.2, 0.25) is 0 Å². The monoisotopic (exact) mass is 419 g/mol. The van der Waals surface area contributed by atoms with Gasteiger partial charge in [-0.1, -0.05) is 25.1 Å². The van der Waals surface area contributed by atoms with Gasteiger partial charge in [0.2, 0.25) is 5.91 Å². The Hall–Kier alpha value is -3.41. The van der Waals surface area contributed by atoms with Gasteiger partial charge in [0.25, 0.3) is 0 Å². The summed E-state index contributed by atoms with van der Waals surface area (Å²) in [6, 6.07) is 10.7. The summed E-state index contributed by atoms with van der Waals surface area (Å²) in [6.07, 6.45) is 4.62. The third-order valence-corrected chi connectivity index (χ3v) is 5.38. The first kappa shape index (κ1) is 22.3. The standard InChI is InChI=1S/C25H26FN3O2/c1-5-24(31)29(4)22-12-10-20(17(3)25(22)26)19-9-11-21(28-15-19)23(30)13-8-18-7-6-16(2)27-14-18/h6-7,9-12,14-15H,5,8,13H2,1-4H3. The number of carbonyl (C=O) groups is 2. The minimum absolute atomic E-state index is 0.0509. The molecular weight excluding hydrogens is 393 g/mol. The number of amides is 1. The Morgan fingerprint density at radius 2 is 1.77 bits per heavy atom. The van der Waals surface area contributed by atoms with E-state index in [4.69, 9.17) is 0 Å². The number of benzene rings is 1. The number of aryl methyl sites for hydroxylation is 2. The molecule has 1 aromatic carbocycles. The molecule has 0 N–H and O–H groups in total. The number of Topliss-reactive ketones (excluding diaryl/α,β-unsaturated/α-hetero) is 1. The van der Waals surface area contributed by atoms with E-state index in [-0.39, 0.29) is 17.4 Å². The summed E-state index contributed by atoms with van der Waals surface area (Å²) in [6.45, 7) is 5.34. The molecule has 5 nitrogen and oxygen atoms in total. The summed E-state index contributed by atoms with van der Waals surface area (Å²) in [5, 5.41) is 0. The Morgan fingerprint density at radius 1 is 1.00 bits per heavy atom. The van der Waals surface area contributed by atoms with Gasteiger partial charge < -0.3 is 4.90 Å². The fourth-order valence-corrected chi connectivity index (χ4v) is 3.36. The highest BCUT2D eigenvalue weighted by Crippen LogP contribution is 2.31. The van der Waals surface area contributed by atoms with Gasteiger partial charge in [-0.3, -0.25) is 19.6 Å². The Balaban J connectivity index is 1.74. The predicted octanol–water partition coefficient (Wildman–Crippen LogP) is 5.09. The molecule has 0 aliphatic rings. The number of ketones is 1. The van der Waals surface area contributed by atoms with Gasteiger partial charge in [-0.15, -0.1) is 0 Å². The van der Waals surface area contributed by atoms with E-state index >= 15 is 0 Å². The van der Waals surface area contributed by atoms with Gasteiger partial charge in [0.05, 0.1) is 5.69 Å². The summed E-state index contributed by atoms with van der Waals surface area (Å²) < 4.78 is 14.9. The van der Waals surface area contributed by atoms with Crippen LogP contribution < -0.4 is 4.90 Å². The van der Waals surface area contributed by atoms with Crippen LogP contribution in [-0.4, -0.2) is 28.7 Å². The summed E-state index contributed by atoms with van der Waals surface area (Å²) >= 11 is 0. The number of halogens is 1. The van der Waals surface area contributed by atoms with Crippen molar-refractivity contribution in [2.24, 2.45) is 0 Å². The first-order chi connectivity index (χ1) is 14.8. The molecule has 0 spiro atoms. The van der Waals surface area contributed by atoms with Crippen LogP contribution in [0.1, 0.15) is 47.1 Å². The van der Waals surface area contributed by atoms with Crippen LogP contribution in [0.4, 0.5) is 10.1 Å². The zero-order valence-corrected chi connectivity index (χ0v) is 18.3. The first-order valence-electron chi connectivity index (χ1n) is 10.3. The predicted molar refractivity (Wildman–Crippen MR) is 120 cm³/mol. The van der Waals surface area contributed by atoms with Gasteiger partial charge in [-0.2, -0.15) is 0 Å². The van der Waals surface area contributed by atoms with Crippen molar-refractivity contribution in [2.45, 2.75) is 40.0 Å². The number of anilines is 1. The molecule has 0 saturated carbocycles. The van der Waals surface area contributed by atoms with Crippen LogP contribution in [0, 0.1) is 19.7 Å². The summed E-state index contributed by atoms with van der Waals surface area (Å²) in [5.74, 6) is -0.643. The van der Waals surface area contributed by atoms with Crippen LogP contribution in [0.15, 0.2) is 48.8 Å². The average Bonchev–Trinajstić information content (AvgIpc) is 2.79. The smallest absolute Gasteiger partial charge is 0.226 e. The second-order valence-corrected chi connectivity index (χ2v) is 7.54. The normalized spacial score (nSPS) is 10.7. The van der Waals surface area contributed by atoms with Gasteiger partial charge in [-0.05, 0) is 55.2 Å². The molecule has 0 aliphatic heterocycles. The van der Waals surface area contributed by atoms with Gasteiger partial charge in [-0.25, -0.2) is 4.39 Å². The number of pyridine rings is 2. The highest BCUT2D eigenvalue weighted by atomic mass is 19.1. The highest BCUT2D eigenvalue weighted by Gasteiger charge is 2.18. The molecular formula is C25H26FN3O2. The Bertz CT molecular complexity index is 1090. The number of rotatable bonds is 7. The number of nitrogens with zero attached hydrogens (tertiary/aromatic N) is 3. The van der Waals surface area contributed by atoms with E-state index in [0.717, 1.165) is 11.3 Å². The Labute approximate surface area is 182 Å². The number of hydrogen-bond acceptors (Lipinski definition) is 4. The molecule has 0 unspecified atom stereocenters. The molecule has 0 aliphatic carbocycles. The molecule has 6 heteroatoms. The van der Waals surface area contributed by atoms with Crippen molar-refractivity contribution in [1.82, 2.24) is 9.97 Å². The van der Waals surface area contributed by atoms with Crippen molar-refractivity contribution >= 4 is 17.4 Å².